The molecule has 0 spiro atoms. The minimum absolute atomic E-state index is 0.487. The molecule has 0 amide bonds. The van der Waals surface area contributed by atoms with Crippen LogP contribution in [0.5, 0.6) is 0 Å². The highest BCUT2D eigenvalue weighted by atomic mass is 15.2. The van der Waals surface area contributed by atoms with E-state index in [1.807, 2.05) is 0 Å². The molecule has 2 heteroatoms. The molecule has 1 fully saturated rings. The van der Waals surface area contributed by atoms with Crippen LogP contribution in [0, 0.1) is 0 Å². The number of hydrogen-bond acceptors (Lipinski definition) is 2. The van der Waals surface area contributed by atoms with Gasteiger partial charge in [-0.1, -0.05) is 60.7 Å². The first kappa shape index (κ1) is 13.3. The van der Waals surface area contributed by atoms with Gasteiger partial charge in [0.15, 0.2) is 0 Å². The summed E-state index contributed by atoms with van der Waals surface area (Å²) in [5.41, 5.74) is 2.85. The maximum atomic E-state index is 3.44. The molecular formula is C18H22N2. The molecule has 1 saturated heterocycles. The molecule has 0 saturated carbocycles. The molecule has 0 bridgehead atoms. The van der Waals surface area contributed by atoms with Gasteiger partial charge in [-0.15, -0.1) is 0 Å². The fraction of sp³-hybridized carbons (Fsp3) is 0.333. The molecule has 2 aromatic carbocycles. The first-order chi connectivity index (χ1) is 9.93. The van der Waals surface area contributed by atoms with E-state index in [1.165, 1.54) is 11.1 Å². The van der Waals surface area contributed by atoms with Crippen LogP contribution in [-0.2, 0) is 6.42 Å². The first-order valence-electron chi connectivity index (χ1n) is 7.47. The molecule has 3 rings (SSSR count). The highest BCUT2D eigenvalue weighted by Crippen LogP contribution is 2.25. The van der Waals surface area contributed by atoms with Crippen molar-refractivity contribution in [2.45, 2.75) is 12.5 Å². The normalized spacial score (nSPS) is 17.8. The number of rotatable bonds is 4. The number of nitrogens with one attached hydrogen (secondary N) is 1. The maximum Gasteiger partial charge on any atom is 0.0389 e. The highest BCUT2D eigenvalue weighted by Gasteiger charge is 2.22. The average molecular weight is 266 g/mol. The van der Waals surface area contributed by atoms with Crippen LogP contribution in [0.3, 0.4) is 0 Å². The van der Waals surface area contributed by atoms with E-state index in [9.17, 15) is 0 Å². The minimum Gasteiger partial charge on any atom is -0.314 e. The van der Waals surface area contributed by atoms with Crippen LogP contribution >= 0.6 is 0 Å². The summed E-state index contributed by atoms with van der Waals surface area (Å²) in [4.78, 5) is 2.61. The second-order valence-corrected chi connectivity index (χ2v) is 5.40. The molecule has 1 heterocycles. The lowest BCUT2D eigenvalue weighted by atomic mass is 9.97. The Morgan fingerprint density at radius 3 is 2.10 bits per heavy atom. The summed E-state index contributed by atoms with van der Waals surface area (Å²) in [5, 5.41) is 3.44. The molecule has 2 nitrogen and oxygen atoms in total. The van der Waals surface area contributed by atoms with Gasteiger partial charge in [-0.05, 0) is 17.5 Å². The van der Waals surface area contributed by atoms with Crippen molar-refractivity contribution in [3.05, 3.63) is 71.8 Å². The Balaban J connectivity index is 1.83. The monoisotopic (exact) mass is 266 g/mol. The first-order valence-corrected chi connectivity index (χ1v) is 7.47. The van der Waals surface area contributed by atoms with Gasteiger partial charge in [0.1, 0.15) is 0 Å². The van der Waals surface area contributed by atoms with E-state index >= 15 is 0 Å². The van der Waals surface area contributed by atoms with Gasteiger partial charge in [0.2, 0.25) is 0 Å². The van der Waals surface area contributed by atoms with E-state index in [1.54, 1.807) is 0 Å². The number of piperazine rings is 1. The fourth-order valence-electron chi connectivity index (χ4n) is 2.96. The van der Waals surface area contributed by atoms with E-state index in [-0.39, 0.29) is 0 Å². The van der Waals surface area contributed by atoms with Gasteiger partial charge in [0.05, 0.1) is 0 Å². The van der Waals surface area contributed by atoms with Crippen molar-refractivity contribution in [1.82, 2.24) is 10.2 Å². The zero-order valence-corrected chi connectivity index (χ0v) is 11.8. The second-order valence-electron chi connectivity index (χ2n) is 5.40. The molecule has 1 N–H and O–H groups in total. The number of benzene rings is 2. The van der Waals surface area contributed by atoms with Gasteiger partial charge in [0.25, 0.3) is 0 Å². The van der Waals surface area contributed by atoms with Crippen LogP contribution < -0.4 is 5.32 Å². The van der Waals surface area contributed by atoms with Crippen molar-refractivity contribution in [2.24, 2.45) is 0 Å². The van der Waals surface area contributed by atoms with Crippen molar-refractivity contribution >= 4 is 0 Å². The van der Waals surface area contributed by atoms with Crippen molar-refractivity contribution in [3.8, 4) is 0 Å². The van der Waals surface area contributed by atoms with E-state index in [0.717, 1.165) is 32.6 Å². The molecule has 0 unspecified atom stereocenters. The summed E-state index contributed by atoms with van der Waals surface area (Å²) >= 11 is 0. The topological polar surface area (TPSA) is 15.3 Å². The number of nitrogens with zero attached hydrogens (tertiary/aromatic N) is 1. The molecule has 2 aromatic rings. The molecular weight excluding hydrogens is 244 g/mol. The molecule has 1 aliphatic rings. The summed E-state index contributed by atoms with van der Waals surface area (Å²) in [6.07, 6.45) is 1.09. The molecule has 0 aromatic heterocycles. The summed E-state index contributed by atoms with van der Waals surface area (Å²) in [6.45, 7) is 4.45. The number of hydrogen-bond donors (Lipinski definition) is 1. The maximum absolute atomic E-state index is 3.44. The van der Waals surface area contributed by atoms with Gasteiger partial charge >= 0.3 is 0 Å². The summed E-state index contributed by atoms with van der Waals surface area (Å²) in [6, 6.07) is 22.2. The molecule has 20 heavy (non-hydrogen) atoms. The molecule has 1 atom stereocenters. The average Bonchev–Trinajstić information content (AvgIpc) is 2.55. The van der Waals surface area contributed by atoms with E-state index < -0.39 is 0 Å². The van der Waals surface area contributed by atoms with Crippen LogP contribution in [0.25, 0.3) is 0 Å². The molecule has 0 aliphatic carbocycles. The van der Waals surface area contributed by atoms with Crippen LogP contribution in [-0.4, -0.2) is 31.1 Å². The summed E-state index contributed by atoms with van der Waals surface area (Å²) < 4.78 is 0. The van der Waals surface area contributed by atoms with Crippen LogP contribution in [0.2, 0.25) is 0 Å². The Labute approximate surface area is 121 Å². The Hall–Kier alpha value is -1.64. The lowest BCUT2D eigenvalue weighted by Crippen LogP contribution is -2.45. The van der Waals surface area contributed by atoms with Gasteiger partial charge < -0.3 is 5.32 Å². The smallest absolute Gasteiger partial charge is 0.0389 e. The zero-order chi connectivity index (χ0) is 13.6. The standard InChI is InChI=1S/C18H22N2/c1-3-7-16(8-4-1)15-18(17-9-5-2-6-10-17)20-13-11-19-12-14-20/h1-10,18-19H,11-15H2/t18-/m0/s1. The Kier molecular flexibility index (Phi) is 4.46. The van der Waals surface area contributed by atoms with Gasteiger partial charge in [0, 0.05) is 32.2 Å². The van der Waals surface area contributed by atoms with Gasteiger partial charge in [-0.2, -0.15) is 0 Å². The third-order valence-corrected chi connectivity index (χ3v) is 4.05. The predicted octanol–water partition coefficient (Wildman–Crippen LogP) is 2.88. The van der Waals surface area contributed by atoms with Gasteiger partial charge in [-0.25, -0.2) is 0 Å². The molecule has 1 aliphatic heterocycles. The fourth-order valence-corrected chi connectivity index (χ4v) is 2.96. The van der Waals surface area contributed by atoms with Crippen molar-refractivity contribution in [1.29, 1.82) is 0 Å². The van der Waals surface area contributed by atoms with E-state index in [2.05, 4.69) is 70.9 Å². The highest BCUT2D eigenvalue weighted by molar-refractivity contribution is 5.24. The minimum atomic E-state index is 0.487. The third kappa shape index (κ3) is 3.27. The van der Waals surface area contributed by atoms with Gasteiger partial charge in [-0.3, -0.25) is 4.90 Å². The summed E-state index contributed by atoms with van der Waals surface area (Å²) in [5.74, 6) is 0. The van der Waals surface area contributed by atoms with Crippen molar-refractivity contribution < 1.29 is 0 Å². The SMILES string of the molecule is c1ccc(C[C@@H](c2ccccc2)N2CCNCC2)cc1. The molecule has 0 radical (unpaired) electrons. The van der Waals surface area contributed by atoms with Crippen LogP contribution in [0.1, 0.15) is 17.2 Å². The third-order valence-electron chi connectivity index (χ3n) is 4.05. The van der Waals surface area contributed by atoms with Crippen LogP contribution in [0.15, 0.2) is 60.7 Å². The Bertz CT molecular complexity index is 503. The van der Waals surface area contributed by atoms with E-state index in [4.69, 9.17) is 0 Å². The lowest BCUT2D eigenvalue weighted by Gasteiger charge is -2.35. The Morgan fingerprint density at radius 1 is 0.850 bits per heavy atom. The quantitative estimate of drug-likeness (QED) is 0.915. The lowest BCUT2D eigenvalue weighted by molar-refractivity contribution is 0.172. The van der Waals surface area contributed by atoms with Crippen LogP contribution in [0.4, 0.5) is 0 Å². The molecule has 104 valence electrons. The zero-order valence-electron chi connectivity index (χ0n) is 11.8. The van der Waals surface area contributed by atoms with Crippen molar-refractivity contribution in [2.75, 3.05) is 26.2 Å². The second kappa shape index (κ2) is 6.69. The largest absolute Gasteiger partial charge is 0.314 e. The van der Waals surface area contributed by atoms with E-state index in [0.29, 0.717) is 6.04 Å². The predicted molar refractivity (Wildman–Crippen MR) is 83.8 cm³/mol. The summed E-state index contributed by atoms with van der Waals surface area (Å²) in [7, 11) is 0. The Morgan fingerprint density at radius 2 is 1.45 bits per heavy atom. The van der Waals surface area contributed by atoms with Crippen molar-refractivity contribution in [3.63, 3.8) is 0 Å².